The van der Waals surface area contributed by atoms with Crippen molar-refractivity contribution in [3.8, 4) is 0 Å². The number of nitrogens with zero attached hydrogens (tertiary/aromatic N) is 1. The van der Waals surface area contributed by atoms with E-state index in [9.17, 15) is 4.79 Å². The fraction of sp³-hybridized carbons (Fsp3) is 0.214. The van der Waals surface area contributed by atoms with Gasteiger partial charge in [-0.2, -0.15) is 0 Å². The fourth-order valence-electron chi connectivity index (χ4n) is 1.60. The van der Waals surface area contributed by atoms with E-state index in [1.54, 1.807) is 34.4 Å². The number of amides is 1. The molecule has 3 nitrogen and oxygen atoms in total. The zero-order valence-corrected chi connectivity index (χ0v) is 13.4. The lowest BCUT2D eigenvalue weighted by atomic mass is 10.3. The van der Waals surface area contributed by atoms with E-state index >= 15 is 0 Å². The van der Waals surface area contributed by atoms with E-state index < -0.39 is 0 Å². The van der Waals surface area contributed by atoms with Gasteiger partial charge in [-0.1, -0.05) is 17.7 Å². The van der Waals surface area contributed by atoms with Crippen molar-refractivity contribution in [1.29, 1.82) is 0 Å². The number of anilines is 1. The maximum atomic E-state index is 12.1. The number of thioether (sulfide) groups is 1. The molecule has 1 amide bonds. The summed E-state index contributed by atoms with van der Waals surface area (Å²) >= 11 is 9.13. The largest absolute Gasteiger partial charge is 0.399 e. The summed E-state index contributed by atoms with van der Waals surface area (Å²) in [5.74, 6) is 0.423. The van der Waals surface area contributed by atoms with Crippen molar-refractivity contribution in [1.82, 2.24) is 4.90 Å². The van der Waals surface area contributed by atoms with Crippen LogP contribution in [-0.4, -0.2) is 23.6 Å². The Kier molecular flexibility index (Phi) is 5.34. The summed E-state index contributed by atoms with van der Waals surface area (Å²) in [7, 11) is 1.81. The van der Waals surface area contributed by atoms with Crippen molar-refractivity contribution in [2.24, 2.45) is 0 Å². The minimum absolute atomic E-state index is 0.0712. The molecule has 0 unspecified atom stereocenters. The van der Waals surface area contributed by atoms with E-state index in [0.29, 0.717) is 23.0 Å². The third-order valence-electron chi connectivity index (χ3n) is 2.71. The van der Waals surface area contributed by atoms with Gasteiger partial charge in [0.1, 0.15) is 0 Å². The molecule has 20 heavy (non-hydrogen) atoms. The van der Waals surface area contributed by atoms with Crippen LogP contribution in [0.4, 0.5) is 5.69 Å². The molecule has 2 rings (SSSR count). The Labute approximate surface area is 131 Å². The molecule has 0 spiro atoms. The van der Waals surface area contributed by atoms with Crippen molar-refractivity contribution < 1.29 is 4.79 Å². The smallest absolute Gasteiger partial charge is 0.233 e. The van der Waals surface area contributed by atoms with Gasteiger partial charge in [-0.05, 0) is 29.6 Å². The Morgan fingerprint density at radius 1 is 1.45 bits per heavy atom. The van der Waals surface area contributed by atoms with Crippen molar-refractivity contribution in [2.45, 2.75) is 11.4 Å². The van der Waals surface area contributed by atoms with Gasteiger partial charge >= 0.3 is 0 Å². The molecule has 1 heterocycles. The van der Waals surface area contributed by atoms with Crippen molar-refractivity contribution in [3.63, 3.8) is 0 Å². The molecule has 2 N–H and O–H groups in total. The number of nitrogen functional groups attached to an aromatic ring is 1. The number of carbonyl (C=O) groups is 1. The number of rotatable bonds is 5. The Morgan fingerprint density at radius 3 is 2.95 bits per heavy atom. The Hall–Kier alpha value is -1.17. The quantitative estimate of drug-likeness (QED) is 0.672. The normalized spacial score (nSPS) is 10.5. The monoisotopic (exact) mass is 326 g/mol. The van der Waals surface area contributed by atoms with E-state index in [1.807, 2.05) is 24.6 Å². The highest BCUT2D eigenvalue weighted by Crippen LogP contribution is 2.29. The topological polar surface area (TPSA) is 46.3 Å². The molecule has 0 saturated carbocycles. The van der Waals surface area contributed by atoms with Crippen LogP contribution in [0.5, 0.6) is 0 Å². The summed E-state index contributed by atoms with van der Waals surface area (Å²) in [4.78, 5) is 15.8. The van der Waals surface area contributed by atoms with Crippen LogP contribution in [0.2, 0.25) is 5.02 Å². The minimum atomic E-state index is 0.0712. The molecular formula is C14H15ClN2OS2. The lowest BCUT2D eigenvalue weighted by Gasteiger charge is -2.16. The summed E-state index contributed by atoms with van der Waals surface area (Å²) in [5.41, 5.74) is 6.37. The number of nitrogens with two attached hydrogens (primary N) is 1. The van der Waals surface area contributed by atoms with Gasteiger partial charge in [0.25, 0.3) is 0 Å². The SMILES string of the molecule is CN(Cc1cccs1)C(=O)CSc1cc(N)ccc1Cl. The number of thiophene rings is 1. The average Bonchev–Trinajstić information content (AvgIpc) is 2.92. The highest BCUT2D eigenvalue weighted by Gasteiger charge is 2.11. The maximum absolute atomic E-state index is 12.1. The van der Waals surface area contributed by atoms with Gasteiger partial charge in [-0.25, -0.2) is 0 Å². The summed E-state index contributed by atoms with van der Waals surface area (Å²) < 4.78 is 0. The molecule has 2 aromatic rings. The lowest BCUT2D eigenvalue weighted by molar-refractivity contribution is -0.127. The molecule has 1 aromatic heterocycles. The van der Waals surface area contributed by atoms with E-state index in [2.05, 4.69) is 0 Å². The molecule has 106 valence electrons. The number of benzene rings is 1. The molecule has 0 aliphatic carbocycles. The maximum Gasteiger partial charge on any atom is 0.233 e. The van der Waals surface area contributed by atoms with Gasteiger partial charge in [0, 0.05) is 22.5 Å². The van der Waals surface area contributed by atoms with Crippen LogP contribution in [0.3, 0.4) is 0 Å². The van der Waals surface area contributed by atoms with Crippen molar-refractivity contribution >= 4 is 46.3 Å². The second-order valence-electron chi connectivity index (χ2n) is 4.31. The van der Waals surface area contributed by atoms with Crippen LogP contribution in [0.15, 0.2) is 40.6 Å². The molecule has 0 saturated heterocycles. The van der Waals surface area contributed by atoms with Crippen LogP contribution in [0.25, 0.3) is 0 Å². The molecule has 0 fully saturated rings. The van der Waals surface area contributed by atoms with Crippen LogP contribution in [0, 0.1) is 0 Å². The Bertz CT molecular complexity index is 587. The third-order valence-corrected chi connectivity index (χ3v) is 5.05. The number of hydrogen-bond acceptors (Lipinski definition) is 4. The summed E-state index contributed by atoms with van der Waals surface area (Å²) in [5, 5.41) is 2.63. The van der Waals surface area contributed by atoms with E-state index in [0.717, 1.165) is 4.90 Å². The molecular weight excluding hydrogens is 312 g/mol. The molecule has 0 aliphatic heterocycles. The van der Waals surface area contributed by atoms with Crippen LogP contribution in [0.1, 0.15) is 4.88 Å². The van der Waals surface area contributed by atoms with Crippen molar-refractivity contribution in [3.05, 3.63) is 45.6 Å². The Morgan fingerprint density at radius 2 is 2.25 bits per heavy atom. The predicted octanol–water partition coefficient (Wildman–Crippen LogP) is 3.73. The summed E-state index contributed by atoms with van der Waals surface area (Å²) in [6.07, 6.45) is 0. The summed E-state index contributed by atoms with van der Waals surface area (Å²) in [6.45, 7) is 0.641. The second-order valence-corrected chi connectivity index (χ2v) is 6.76. The highest BCUT2D eigenvalue weighted by molar-refractivity contribution is 8.00. The van der Waals surface area contributed by atoms with Crippen molar-refractivity contribution in [2.75, 3.05) is 18.5 Å². The van der Waals surface area contributed by atoms with Gasteiger partial charge in [-0.3, -0.25) is 4.79 Å². The van der Waals surface area contributed by atoms with Gasteiger partial charge in [0.2, 0.25) is 5.91 Å². The standard InChI is InChI=1S/C14H15ClN2OS2/c1-17(8-11-3-2-6-19-11)14(18)9-20-13-7-10(16)4-5-12(13)15/h2-7H,8-9,16H2,1H3. The highest BCUT2D eigenvalue weighted by atomic mass is 35.5. The minimum Gasteiger partial charge on any atom is -0.399 e. The van der Waals surface area contributed by atoms with Gasteiger partial charge in [0.15, 0.2) is 0 Å². The number of hydrogen-bond donors (Lipinski definition) is 1. The molecule has 0 radical (unpaired) electrons. The van der Waals surface area contributed by atoms with Crippen LogP contribution >= 0.6 is 34.7 Å². The van der Waals surface area contributed by atoms with E-state index in [1.165, 1.54) is 16.6 Å². The first-order valence-electron chi connectivity index (χ1n) is 6.00. The molecule has 1 aromatic carbocycles. The third kappa shape index (κ3) is 4.16. The van der Waals surface area contributed by atoms with Gasteiger partial charge in [-0.15, -0.1) is 23.1 Å². The molecule has 0 aliphatic rings. The molecule has 0 bridgehead atoms. The predicted molar refractivity (Wildman–Crippen MR) is 87.4 cm³/mol. The molecule has 6 heteroatoms. The first-order valence-corrected chi connectivity index (χ1v) is 8.25. The van der Waals surface area contributed by atoms with Gasteiger partial charge < -0.3 is 10.6 Å². The summed E-state index contributed by atoms with van der Waals surface area (Å²) in [6, 6.07) is 9.30. The first-order chi connectivity index (χ1) is 9.56. The fourth-order valence-corrected chi connectivity index (χ4v) is 3.57. The zero-order valence-electron chi connectivity index (χ0n) is 11.0. The lowest BCUT2D eigenvalue weighted by Crippen LogP contribution is -2.27. The first kappa shape index (κ1) is 15.2. The molecule has 0 atom stereocenters. The second kappa shape index (κ2) is 7.02. The average molecular weight is 327 g/mol. The number of halogens is 1. The van der Waals surface area contributed by atoms with E-state index in [-0.39, 0.29) is 5.91 Å². The van der Waals surface area contributed by atoms with Gasteiger partial charge in [0.05, 0.1) is 17.3 Å². The number of carbonyl (C=O) groups excluding carboxylic acids is 1. The van der Waals surface area contributed by atoms with E-state index in [4.69, 9.17) is 17.3 Å². The van der Waals surface area contributed by atoms with Crippen LogP contribution in [-0.2, 0) is 11.3 Å². The zero-order chi connectivity index (χ0) is 14.5. The Balaban J connectivity index is 1.89. The van der Waals surface area contributed by atoms with Crippen LogP contribution < -0.4 is 5.73 Å².